The van der Waals surface area contributed by atoms with Crippen LogP contribution in [-0.4, -0.2) is 12.1 Å². The smallest absolute Gasteiger partial charge is 0.267 e. The highest BCUT2D eigenvalue weighted by Crippen LogP contribution is 2.36. The third kappa shape index (κ3) is 3.20. The third-order valence-corrected chi connectivity index (χ3v) is 4.41. The molecule has 25 heavy (non-hydrogen) atoms. The van der Waals surface area contributed by atoms with Gasteiger partial charge < -0.3 is 0 Å². The van der Waals surface area contributed by atoms with Crippen LogP contribution in [-0.2, 0) is 6.42 Å². The van der Waals surface area contributed by atoms with Gasteiger partial charge in [-0.1, -0.05) is 66.7 Å². The lowest BCUT2D eigenvalue weighted by Crippen LogP contribution is -1.96. The molecule has 0 saturated carbocycles. The van der Waals surface area contributed by atoms with Gasteiger partial charge in [-0.2, -0.15) is 0 Å². The van der Waals surface area contributed by atoms with Crippen LogP contribution in [0, 0.1) is 0 Å². The zero-order chi connectivity index (χ0) is 17.1. The van der Waals surface area contributed by atoms with Crippen molar-refractivity contribution in [3.63, 3.8) is 0 Å². The lowest BCUT2D eigenvalue weighted by molar-refractivity contribution is 0.100. The van der Waals surface area contributed by atoms with Gasteiger partial charge in [0.15, 0.2) is 0 Å². The summed E-state index contributed by atoms with van der Waals surface area (Å²) in [7, 11) is 0. The highest BCUT2D eigenvalue weighted by Gasteiger charge is 2.18. The monoisotopic (exact) mass is 323 g/mol. The molecule has 0 saturated heterocycles. The highest BCUT2D eigenvalue weighted by molar-refractivity contribution is 6.01. The topological polar surface area (TPSA) is 29.4 Å². The Kier molecular flexibility index (Phi) is 4.09. The van der Waals surface area contributed by atoms with Crippen LogP contribution < -0.4 is 0 Å². The number of allylic oxidation sites excluding steroid dienone is 1. The Balaban J connectivity index is 1.49. The number of fused-ring (bicyclic) bond motifs is 3. The number of hydrogen-bond donors (Lipinski definition) is 0. The Morgan fingerprint density at radius 2 is 1.60 bits per heavy atom. The maximum atomic E-state index is 12.3. The van der Waals surface area contributed by atoms with Crippen molar-refractivity contribution in [2.24, 2.45) is 4.99 Å². The largest absolute Gasteiger partial charge is 0.276 e. The first-order valence-corrected chi connectivity index (χ1v) is 8.32. The molecule has 0 atom stereocenters. The molecule has 0 radical (unpaired) electrons. The molecule has 0 aliphatic heterocycles. The Morgan fingerprint density at radius 3 is 2.48 bits per heavy atom. The molecule has 1 amide bonds. The third-order valence-electron chi connectivity index (χ3n) is 4.41. The van der Waals surface area contributed by atoms with Crippen molar-refractivity contribution in [3.8, 4) is 11.1 Å². The van der Waals surface area contributed by atoms with Gasteiger partial charge in [0.1, 0.15) is 0 Å². The Bertz CT molecular complexity index is 984. The molecule has 1 aliphatic carbocycles. The van der Waals surface area contributed by atoms with Crippen molar-refractivity contribution in [1.29, 1.82) is 0 Å². The van der Waals surface area contributed by atoms with Crippen LogP contribution in [0.2, 0.25) is 0 Å². The Hall–Kier alpha value is -3.26. The molecule has 0 aromatic heterocycles. The number of rotatable bonds is 3. The van der Waals surface area contributed by atoms with E-state index < -0.39 is 0 Å². The van der Waals surface area contributed by atoms with Crippen LogP contribution in [0.4, 0.5) is 0 Å². The normalized spacial score (nSPS) is 12.5. The van der Waals surface area contributed by atoms with E-state index in [1.54, 1.807) is 12.3 Å². The molecule has 0 bridgehead atoms. The predicted molar refractivity (Wildman–Crippen MR) is 103 cm³/mol. The van der Waals surface area contributed by atoms with Crippen LogP contribution >= 0.6 is 0 Å². The van der Waals surface area contributed by atoms with Crippen LogP contribution in [0.15, 0.2) is 83.9 Å². The lowest BCUT2D eigenvalue weighted by atomic mass is 10.0. The molecule has 1 aliphatic rings. The molecule has 2 heteroatoms. The molecule has 0 heterocycles. The first kappa shape index (κ1) is 15.3. The molecule has 0 unspecified atom stereocenters. The molecule has 0 N–H and O–H groups in total. The van der Waals surface area contributed by atoms with E-state index in [-0.39, 0.29) is 5.91 Å². The van der Waals surface area contributed by atoms with Gasteiger partial charge in [-0.15, -0.1) is 0 Å². The summed E-state index contributed by atoms with van der Waals surface area (Å²) in [6.45, 7) is 0. The lowest BCUT2D eigenvalue weighted by Gasteiger charge is -2.02. The zero-order valence-electron chi connectivity index (χ0n) is 13.7. The molecule has 120 valence electrons. The number of benzene rings is 3. The molecule has 3 aromatic rings. The molecule has 3 aromatic carbocycles. The van der Waals surface area contributed by atoms with Gasteiger partial charge in [-0.25, -0.2) is 4.99 Å². The number of hydrogen-bond acceptors (Lipinski definition) is 1. The average Bonchev–Trinajstić information content (AvgIpc) is 3.03. The van der Waals surface area contributed by atoms with E-state index in [0.717, 1.165) is 12.0 Å². The summed E-state index contributed by atoms with van der Waals surface area (Å²) in [4.78, 5) is 16.3. The summed E-state index contributed by atoms with van der Waals surface area (Å²) in [5.74, 6) is -0.212. The number of aliphatic imine (C=N–C) groups is 1. The first-order chi connectivity index (χ1) is 12.3. The second-order valence-electron chi connectivity index (χ2n) is 6.06. The SMILES string of the molecule is O=C(N=C/C=C/c1ccccc1)c1ccc2c(c1)Cc1ccccc1-2. The van der Waals surface area contributed by atoms with Crippen molar-refractivity contribution >= 4 is 18.2 Å². The first-order valence-electron chi connectivity index (χ1n) is 8.32. The average molecular weight is 323 g/mol. The number of carbonyl (C=O) groups excluding carboxylic acids is 1. The van der Waals surface area contributed by atoms with Gasteiger partial charge in [0.2, 0.25) is 0 Å². The van der Waals surface area contributed by atoms with Gasteiger partial charge in [0.25, 0.3) is 5.91 Å². The molecule has 0 fully saturated rings. The van der Waals surface area contributed by atoms with Crippen molar-refractivity contribution in [1.82, 2.24) is 0 Å². The second kappa shape index (κ2) is 6.70. The quantitative estimate of drug-likeness (QED) is 0.478. The van der Waals surface area contributed by atoms with Gasteiger partial charge >= 0.3 is 0 Å². The van der Waals surface area contributed by atoms with Gasteiger partial charge in [-0.3, -0.25) is 4.79 Å². The number of nitrogens with zero attached hydrogens (tertiary/aromatic N) is 1. The van der Waals surface area contributed by atoms with E-state index in [1.165, 1.54) is 22.3 Å². The van der Waals surface area contributed by atoms with Crippen LogP contribution in [0.1, 0.15) is 27.0 Å². The maximum Gasteiger partial charge on any atom is 0.276 e. The van der Waals surface area contributed by atoms with Crippen LogP contribution in [0.25, 0.3) is 17.2 Å². The predicted octanol–water partition coefficient (Wildman–Crippen LogP) is 5.18. The van der Waals surface area contributed by atoms with Gasteiger partial charge in [0.05, 0.1) is 0 Å². The fourth-order valence-corrected chi connectivity index (χ4v) is 3.18. The van der Waals surface area contributed by atoms with E-state index in [1.807, 2.05) is 54.6 Å². The fraction of sp³-hybridized carbons (Fsp3) is 0.0435. The summed E-state index contributed by atoms with van der Waals surface area (Å²) in [6, 6.07) is 24.2. The fourth-order valence-electron chi connectivity index (χ4n) is 3.18. The van der Waals surface area contributed by atoms with E-state index in [2.05, 4.69) is 29.3 Å². The minimum absolute atomic E-state index is 0.212. The van der Waals surface area contributed by atoms with E-state index in [0.29, 0.717) is 5.56 Å². The van der Waals surface area contributed by atoms with Gasteiger partial charge in [0, 0.05) is 11.8 Å². The summed E-state index contributed by atoms with van der Waals surface area (Å²) < 4.78 is 0. The standard InChI is InChI=1S/C23H17NO/c25-23(24-14-6-9-17-7-2-1-3-8-17)19-12-13-22-20(16-19)15-18-10-4-5-11-21(18)22/h1-14,16H,15H2/b9-6+,24-14?. The Morgan fingerprint density at radius 1 is 0.840 bits per heavy atom. The molecule has 2 nitrogen and oxygen atoms in total. The van der Waals surface area contributed by atoms with Crippen molar-refractivity contribution in [2.45, 2.75) is 6.42 Å². The Labute approximate surface area is 147 Å². The summed E-state index contributed by atoms with van der Waals surface area (Å²) in [6.07, 6.45) is 6.15. The maximum absolute atomic E-state index is 12.3. The van der Waals surface area contributed by atoms with Crippen LogP contribution in [0.3, 0.4) is 0 Å². The van der Waals surface area contributed by atoms with Crippen molar-refractivity contribution in [3.05, 3.63) is 101 Å². The zero-order valence-corrected chi connectivity index (χ0v) is 13.7. The number of carbonyl (C=O) groups is 1. The summed E-state index contributed by atoms with van der Waals surface area (Å²) >= 11 is 0. The second-order valence-corrected chi connectivity index (χ2v) is 6.06. The summed E-state index contributed by atoms with van der Waals surface area (Å²) in [5, 5.41) is 0. The highest BCUT2D eigenvalue weighted by atomic mass is 16.1. The van der Waals surface area contributed by atoms with E-state index in [9.17, 15) is 4.79 Å². The molecular formula is C23H17NO. The van der Waals surface area contributed by atoms with E-state index >= 15 is 0 Å². The van der Waals surface area contributed by atoms with E-state index in [4.69, 9.17) is 0 Å². The molecule has 0 spiro atoms. The molecular weight excluding hydrogens is 306 g/mol. The number of amides is 1. The minimum atomic E-state index is -0.212. The summed E-state index contributed by atoms with van der Waals surface area (Å²) in [5.41, 5.74) is 6.72. The van der Waals surface area contributed by atoms with Crippen molar-refractivity contribution < 1.29 is 4.79 Å². The van der Waals surface area contributed by atoms with Crippen LogP contribution in [0.5, 0.6) is 0 Å². The minimum Gasteiger partial charge on any atom is -0.267 e. The molecule has 4 rings (SSSR count). The van der Waals surface area contributed by atoms with Crippen molar-refractivity contribution in [2.75, 3.05) is 0 Å². The van der Waals surface area contributed by atoms with Gasteiger partial charge in [-0.05, 0) is 52.4 Å².